The molecule has 1 aliphatic rings. The molecule has 5 rings (SSSR count). The molecule has 0 amide bonds. The maximum atomic E-state index is 10.4. The number of aromatic nitrogens is 1. The van der Waals surface area contributed by atoms with Gasteiger partial charge in [0.15, 0.2) is 35.4 Å². The van der Waals surface area contributed by atoms with E-state index in [1.54, 1.807) is 12.1 Å². The quantitative estimate of drug-likeness (QED) is 0.318. The minimum atomic E-state index is 0.0625. The van der Waals surface area contributed by atoms with Crippen LogP contribution in [-0.2, 0) is 0 Å². The van der Waals surface area contributed by atoms with E-state index < -0.39 is 0 Å². The number of phenols is 2. The number of fused-ring (bicyclic) bond motifs is 6. The van der Waals surface area contributed by atoms with E-state index in [1.165, 1.54) is 7.11 Å². The summed E-state index contributed by atoms with van der Waals surface area (Å²) < 4.78 is 18.1. The number of hydrogen-bond acceptors (Lipinski definition) is 5. The fourth-order valence-electron chi connectivity index (χ4n) is 3.41. The fourth-order valence-corrected chi connectivity index (χ4v) is 3.41. The summed E-state index contributed by atoms with van der Waals surface area (Å²) in [6.45, 7) is 0.0780. The second kappa shape index (κ2) is 4.80. The molecule has 0 radical (unpaired) electrons. The van der Waals surface area contributed by atoms with Gasteiger partial charge in [-0.05, 0) is 23.6 Å². The van der Waals surface area contributed by atoms with Crippen molar-refractivity contribution < 1.29 is 28.8 Å². The Morgan fingerprint density at radius 3 is 2.72 bits per heavy atom. The standard InChI is InChI=1S/C19H13NO5/c1-23-15-3-2-10-6-13-16-11(4-5-20(13)8-12(10)17(15)22)7-14(21)18-19(16)25-9-24-18/h2-8H,9H2,1H3,(H,21,22)/p+1. The molecular weight excluding hydrogens is 322 g/mol. The highest BCUT2D eigenvalue weighted by molar-refractivity contribution is 6.04. The van der Waals surface area contributed by atoms with Crippen LogP contribution in [0.2, 0.25) is 0 Å². The van der Waals surface area contributed by atoms with Crippen LogP contribution in [0.4, 0.5) is 0 Å². The van der Waals surface area contributed by atoms with Gasteiger partial charge in [0.25, 0.3) is 0 Å². The summed E-state index contributed by atoms with van der Waals surface area (Å²) in [5.41, 5.74) is 0.885. The van der Waals surface area contributed by atoms with Crippen molar-refractivity contribution in [2.75, 3.05) is 13.9 Å². The molecule has 0 aliphatic carbocycles. The first-order valence-corrected chi connectivity index (χ1v) is 7.76. The highest BCUT2D eigenvalue weighted by Gasteiger charge is 2.26. The third-order valence-electron chi connectivity index (χ3n) is 4.60. The topological polar surface area (TPSA) is 72.3 Å². The highest BCUT2D eigenvalue weighted by Crippen LogP contribution is 2.47. The summed E-state index contributed by atoms with van der Waals surface area (Å²) in [6.07, 6.45) is 3.72. The van der Waals surface area contributed by atoms with Gasteiger partial charge < -0.3 is 24.4 Å². The van der Waals surface area contributed by atoms with Gasteiger partial charge in [0, 0.05) is 17.5 Å². The van der Waals surface area contributed by atoms with E-state index >= 15 is 0 Å². The van der Waals surface area contributed by atoms with Crippen LogP contribution in [0, 0.1) is 0 Å². The molecule has 0 spiro atoms. The Kier molecular flexibility index (Phi) is 2.68. The van der Waals surface area contributed by atoms with Gasteiger partial charge in [0.1, 0.15) is 5.39 Å². The van der Waals surface area contributed by atoms with Crippen molar-refractivity contribution in [3.63, 3.8) is 0 Å². The molecule has 0 bridgehead atoms. The first kappa shape index (κ1) is 14.0. The third kappa shape index (κ3) is 1.82. The van der Waals surface area contributed by atoms with Crippen molar-refractivity contribution in [1.29, 1.82) is 0 Å². The van der Waals surface area contributed by atoms with E-state index in [0.717, 1.165) is 21.7 Å². The summed E-state index contributed by atoms with van der Waals surface area (Å²) in [5, 5.41) is 23.8. The lowest BCUT2D eigenvalue weighted by molar-refractivity contribution is -0.509. The van der Waals surface area contributed by atoms with Crippen molar-refractivity contribution in [3.05, 3.63) is 42.7 Å². The molecule has 0 fully saturated rings. The van der Waals surface area contributed by atoms with Crippen LogP contribution in [0.1, 0.15) is 0 Å². The molecule has 0 unspecified atom stereocenters. The second-order valence-corrected chi connectivity index (χ2v) is 5.93. The monoisotopic (exact) mass is 336 g/mol. The number of phenolic OH excluding ortho intramolecular Hbond substituents is 2. The Balaban J connectivity index is 1.95. The molecule has 4 aromatic rings. The number of pyridine rings is 2. The van der Waals surface area contributed by atoms with Crippen molar-refractivity contribution >= 4 is 27.1 Å². The largest absolute Gasteiger partial charge is 0.504 e. The van der Waals surface area contributed by atoms with Crippen LogP contribution < -0.4 is 18.6 Å². The Bertz CT molecular complexity index is 1190. The zero-order chi connectivity index (χ0) is 17.1. The fraction of sp³-hybridized carbons (Fsp3) is 0.105. The van der Waals surface area contributed by atoms with E-state index in [-0.39, 0.29) is 18.3 Å². The normalized spacial score (nSPS) is 13.0. The van der Waals surface area contributed by atoms with Gasteiger partial charge in [-0.1, -0.05) is 0 Å². The number of methoxy groups -OCH3 is 1. The van der Waals surface area contributed by atoms with Crippen molar-refractivity contribution in [1.82, 2.24) is 0 Å². The zero-order valence-corrected chi connectivity index (χ0v) is 13.3. The lowest BCUT2D eigenvalue weighted by Gasteiger charge is -2.08. The lowest BCUT2D eigenvalue weighted by Crippen LogP contribution is -2.20. The minimum absolute atomic E-state index is 0.0625. The number of nitrogens with zero attached hydrogens (tertiary/aromatic N) is 1. The smallest absolute Gasteiger partial charge is 0.231 e. The molecule has 1 aliphatic heterocycles. The number of hydrogen-bond donors (Lipinski definition) is 2. The summed E-state index contributed by atoms with van der Waals surface area (Å²) in [5.74, 6) is 1.48. The van der Waals surface area contributed by atoms with Gasteiger partial charge in [0.2, 0.25) is 18.1 Å². The van der Waals surface area contributed by atoms with Crippen LogP contribution >= 0.6 is 0 Å². The van der Waals surface area contributed by atoms with Gasteiger partial charge in [-0.3, -0.25) is 0 Å². The lowest BCUT2D eigenvalue weighted by atomic mass is 10.1. The molecule has 0 saturated heterocycles. The van der Waals surface area contributed by atoms with Crippen LogP contribution in [-0.4, -0.2) is 24.1 Å². The average Bonchev–Trinajstić information content (AvgIpc) is 3.11. The maximum absolute atomic E-state index is 10.4. The summed E-state index contributed by atoms with van der Waals surface area (Å²) in [7, 11) is 1.52. The highest BCUT2D eigenvalue weighted by atomic mass is 16.7. The Labute approximate surface area is 142 Å². The molecule has 6 nitrogen and oxygen atoms in total. The third-order valence-corrected chi connectivity index (χ3v) is 4.60. The molecule has 3 heterocycles. The Hall–Kier alpha value is -3.41. The number of rotatable bonds is 1. The molecule has 25 heavy (non-hydrogen) atoms. The minimum Gasteiger partial charge on any atom is -0.504 e. The van der Waals surface area contributed by atoms with Crippen molar-refractivity contribution in [3.8, 4) is 28.7 Å². The molecule has 2 aromatic carbocycles. The maximum Gasteiger partial charge on any atom is 0.231 e. The molecular formula is C19H14NO5+. The van der Waals surface area contributed by atoms with Crippen LogP contribution in [0.15, 0.2) is 42.7 Å². The van der Waals surface area contributed by atoms with Gasteiger partial charge in [-0.2, -0.15) is 4.40 Å². The zero-order valence-electron chi connectivity index (χ0n) is 13.3. The molecule has 2 N–H and O–H groups in total. The summed E-state index contributed by atoms with van der Waals surface area (Å²) >= 11 is 0. The van der Waals surface area contributed by atoms with E-state index in [0.29, 0.717) is 22.6 Å². The summed E-state index contributed by atoms with van der Waals surface area (Å²) in [6, 6.07) is 9.14. The van der Waals surface area contributed by atoms with E-state index in [1.807, 2.05) is 35.0 Å². The predicted molar refractivity (Wildman–Crippen MR) is 90.6 cm³/mol. The average molecular weight is 336 g/mol. The number of aromatic hydroxyl groups is 2. The number of ether oxygens (including phenoxy) is 3. The van der Waals surface area contributed by atoms with Gasteiger partial charge in [-0.25, -0.2) is 0 Å². The van der Waals surface area contributed by atoms with Crippen LogP contribution in [0.25, 0.3) is 27.1 Å². The number of benzene rings is 2. The molecule has 6 heteroatoms. The van der Waals surface area contributed by atoms with Crippen LogP contribution in [0.5, 0.6) is 28.7 Å². The Morgan fingerprint density at radius 2 is 1.88 bits per heavy atom. The van der Waals surface area contributed by atoms with Gasteiger partial charge in [-0.15, -0.1) is 0 Å². The Morgan fingerprint density at radius 1 is 1.04 bits per heavy atom. The van der Waals surface area contributed by atoms with Gasteiger partial charge in [0.05, 0.1) is 12.5 Å². The molecule has 0 atom stereocenters. The van der Waals surface area contributed by atoms with E-state index in [4.69, 9.17) is 14.2 Å². The van der Waals surface area contributed by atoms with Gasteiger partial charge >= 0.3 is 0 Å². The molecule has 124 valence electrons. The second-order valence-electron chi connectivity index (χ2n) is 5.93. The van der Waals surface area contributed by atoms with Crippen LogP contribution in [0.3, 0.4) is 0 Å². The first-order valence-electron chi connectivity index (χ1n) is 7.76. The van der Waals surface area contributed by atoms with Crippen molar-refractivity contribution in [2.45, 2.75) is 0 Å². The predicted octanol–water partition coefficient (Wildman–Crippen LogP) is 2.88. The molecule has 0 saturated carbocycles. The molecule has 2 aromatic heterocycles. The van der Waals surface area contributed by atoms with E-state index in [9.17, 15) is 10.2 Å². The van der Waals surface area contributed by atoms with E-state index in [2.05, 4.69) is 0 Å². The summed E-state index contributed by atoms with van der Waals surface area (Å²) in [4.78, 5) is 0. The first-order chi connectivity index (χ1) is 12.2. The van der Waals surface area contributed by atoms with Crippen molar-refractivity contribution in [2.24, 2.45) is 0 Å². The SMILES string of the molecule is COc1ccc2cc3c4c5c(c(O)cc4cc[n+]3cc2c1O)OCO5.